The maximum Gasteiger partial charge on any atom is 0.223 e. The summed E-state index contributed by atoms with van der Waals surface area (Å²) >= 11 is 0. The summed E-state index contributed by atoms with van der Waals surface area (Å²) in [5.74, 6) is 0.615. The standard InChI is InChI=1S/C21H26N2O3/c1-16-9-10-17(2)20(15-16)23(18(3)24)13-12-22-21(25)11-14-26-19-7-5-4-6-8-19/h4-10,15H,11-14H2,1-3H3,(H,22,25). The van der Waals surface area contributed by atoms with Gasteiger partial charge in [0.05, 0.1) is 13.0 Å². The van der Waals surface area contributed by atoms with Gasteiger partial charge in [0, 0.05) is 25.7 Å². The van der Waals surface area contributed by atoms with E-state index in [0.717, 1.165) is 22.6 Å². The van der Waals surface area contributed by atoms with Gasteiger partial charge in [-0.25, -0.2) is 0 Å². The number of carbonyl (C=O) groups excluding carboxylic acids is 2. The van der Waals surface area contributed by atoms with Crippen molar-refractivity contribution in [3.05, 3.63) is 59.7 Å². The van der Waals surface area contributed by atoms with Gasteiger partial charge in [-0.2, -0.15) is 0 Å². The van der Waals surface area contributed by atoms with Crippen LogP contribution >= 0.6 is 0 Å². The Bertz CT molecular complexity index is 744. The average Bonchev–Trinajstić information content (AvgIpc) is 2.62. The third-order valence-corrected chi connectivity index (χ3v) is 4.03. The van der Waals surface area contributed by atoms with E-state index in [1.165, 1.54) is 6.92 Å². The molecule has 5 heteroatoms. The van der Waals surface area contributed by atoms with Crippen molar-refractivity contribution in [2.75, 3.05) is 24.6 Å². The van der Waals surface area contributed by atoms with Crippen LogP contribution < -0.4 is 15.0 Å². The number of carbonyl (C=O) groups is 2. The second-order valence-electron chi connectivity index (χ2n) is 6.22. The van der Waals surface area contributed by atoms with E-state index in [0.29, 0.717) is 19.7 Å². The molecule has 0 aliphatic carbocycles. The van der Waals surface area contributed by atoms with Crippen molar-refractivity contribution < 1.29 is 14.3 Å². The highest BCUT2D eigenvalue weighted by atomic mass is 16.5. The van der Waals surface area contributed by atoms with E-state index < -0.39 is 0 Å². The Balaban J connectivity index is 1.79. The molecule has 2 aromatic rings. The number of rotatable bonds is 8. The van der Waals surface area contributed by atoms with Gasteiger partial charge in [0.1, 0.15) is 5.75 Å². The van der Waals surface area contributed by atoms with Crippen LogP contribution in [0.1, 0.15) is 24.5 Å². The smallest absolute Gasteiger partial charge is 0.223 e. The van der Waals surface area contributed by atoms with Crippen molar-refractivity contribution >= 4 is 17.5 Å². The third kappa shape index (κ3) is 5.92. The van der Waals surface area contributed by atoms with Crippen LogP contribution in [0.4, 0.5) is 5.69 Å². The number of aryl methyl sites for hydroxylation is 2. The van der Waals surface area contributed by atoms with E-state index in [-0.39, 0.29) is 18.2 Å². The lowest BCUT2D eigenvalue weighted by molar-refractivity contribution is -0.122. The lowest BCUT2D eigenvalue weighted by Crippen LogP contribution is -2.38. The molecule has 5 nitrogen and oxygen atoms in total. The van der Waals surface area contributed by atoms with Gasteiger partial charge in [0.2, 0.25) is 11.8 Å². The first-order chi connectivity index (χ1) is 12.5. The summed E-state index contributed by atoms with van der Waals surface area (Å²) in [4.78, 5) is 25.7. The summed E-state index contributed by atoms with van der Waals surface area (Å²) < 4.78 is 5.52. The van der Waals surface area contributed by atoms with Crippen LogP contribution in [0.25, 0.3) is 0 Å². The molecule has 0 spiro atoms. The maximum atomic E-state index is 12.0. The van der Waals surface area contributed by atoms with Crippen molar-refractivity contribution in [3.8, 4) is 5.75 Å². The van der Waals surface area contributed by atoms with Crippen LogP contribution in [0.5, 0.6) is 5.75 Å². The molecular weight excluding hydrogens is 328 g/mol. The van der Waals surface area contributed by atoms with Gasteiger partial charge >= 0.3 is 0 Å². The number of amides is 2. The summed E-state index contributed by atoms with van der Waals surface area (Å²) in [5.41, 5.74) is 3.02. The predicted molar refractivity (Wildman–Crippen MR) is 104 cm³/mol. The van der Waals surface area contributed by atoms with Gasteiger partial charge in [-0.15, -0.1) is 0 Å². The lowest BCUT2D eigenvalue weighted by atomic mass is 10.1. The summed E-state index contributed by atoms with van der Waals surface area (Å²) in [6.45, 7) is 6.67. The minimum Gasteiger partial charge on any atom is -0.493 e. The van der Waals surface area contributed by atoms with Gasteiger partial charge in [-0.1, -0.05) is 30.3 Å². The molecule has 1 N–H and O–H groups in total. The first kappa shape index (κ1) is 19.5. The highest BCUT2D eigenvalue weighted by molar-refractivity contribution is 5.92. The van der Waals surface area contributed by atoms with Gasteiger partial charge in [-0.05, 0) is 43.2 Å². The molecule has 0 unspecified atom stereocenters. The molecule has 2 aromatic carbocycles. The van der Waals surface area contributed by atoms with Crippen LogP contribution in [-0.4, -0.2) is 31.5 Å². The van der Waals surface area contributed by atoms with Gasteiger partial charge in [-0.3, -0.25) is 9.59 Å². The molecule has 0 fully saturated rings. The number of ether oxygens (including phenoxy) is 1. The minimum absolute atomic E-state index is 0.0413. The van der Waals surface area contributed by atoms with Crippen LogP contribution in [0.15, 0.2) is 48.5 Å². The quantitative estimate of drug-likeness (QED) is 0.792. The topological polar surface area (TPSA) is 58.6 Å². The molecule has 26 heavy (non-hydrogen) atoms. The van der Waals surface area contributed by atoms with Crippen molar-refractivity contribution in [2.24, 2.45) is 0 Å². The predicted octanol–water partition coefficient (Wildman–Crippen LogP) is 3.24. The van der Waals surface area contributed by atoms with Crippen LogP contribution in [0, 0.1) is 13.8 Å². The van der Waals surface area contributed by atoms with Crippen molar-refractivity contribution in [3.63, 3.8) is 0 Å². The number of hydrogen-bond acceptors (Lipinski definition) is 3. The molecule has 0 aliphatic heterocycles. The van der Waals surface area contributed by atoms with Gasteiger partial charge < -0.3 is 15.0 Å². The minimum atomic E-state index is -0.0922. The number of para-hydroxylation sites is 1. The Labute approximate surface area is 155 Å². The van der Waals surface area contributed by atoms with E-state index >= 15 is 0 Å². The second kappa shape index (κ2) is 9.61. The normalized spacial score (nSPS) is 10.3. The van der Waals surface area contributed by atoms with Crippen molar-refractivity contribution in [1.29, 1.82) is 0 Å². The first-order valence-electron chi connectivity index (χ1n) is 8.77. The van der Waals surface area contributed by atoms with Crippen molar-refractivity contribution in [1.82, 2.24) is 5.32 Å². The van der Waals surface area contributed by atoms with Gasteiger partial charge in [0.25, 0.3) is 0 Å². The molecule has 0 heterocycles. The van der Waals surface area contributed by atoms with E-state index in [9.17, 15) is 9.59 Å². The Morgan fingerprint density at radius 1 is 1.08 bits per heavy atom. The highest BCUT2D eigenvalue weighted by Crippen LogP contribution is 2.21. The number of hydrogen-bond donors (Lipinski definition) is 1. The van der Waals surface area contributed by atoms with Crippen LogP contribution in [0.2, 0.25) is 0 Å². The number of nitrogens with zero attached hydrogens (tertiary/aromatic N) is 1. The first-order valence-corrected chi connectivity index (χ1v) is 8.77. The third-order valence-electron chi connectivity index (χ3n) is 4.03. The summed E-state index contributed by atoms with van der Waals surface area (Å²) in [6.07, 6.45) is 0.276. The van der Waals surface area contributed by atoms with E-state index in [4.69, 9.17) is 4.74 Å². The van der Waals surface area contributed by atoms with E-state index in [2.05, 4.69) is 5.32 Å². The number of benzene rings is 2. The Morgan fingerprint density at radius 3 is 2.50 bits per heavy atom. The fraction of sp³-hybridized carbons (Fsp3) is 0.333. The molecule has 0 saturated heterocycles. The highest BCUT2D eigenvalue weighted by Gasteiger charge is 2.14. The second-order valence-corrected chi connectivity index (χ2v) is 6.22. The monoisotopic (exact) mass is 354 g/mol. The van der Waals surface area contributed by atoms with Crippen LogP contribution in [0.3, 0.4) is 0 Å². The van der Waals surface area contributed by atoms with E-state index in [1.54, 1.807) is 4.90 Å². The fourth-order valence-corrected chi connectivity index (χ4v) is 2.63. The zero-order valence-electron chi connectivity index (χ0n) is 15.6. The molecular formula is C21H26N2O3. The average molecular weight is 354 g/mol. The SMILES string of the molecule is CC(=O)N(CCNC(=O)CCOc1ccccc1)c1cc(C)ccc1C. The number of anilines is 1. The zero-order chi connectivity index (χ0) is 18.9. The van der Waals surface area contributed by atoms with Gasteiger partial charge in [0.15, 0.2) is 0 Å². The maximum absolute atomic E-state index is 12.0. The fourth-order valence-electron chi connectivity index (χ4n) is 2.63. The lowest BCUT2D eigenvalue weighted by Gasteiger charge is -2.23. The Kier molecular flexibility index (Phi) is 7.21. The largest absolute Gasteiger partial charge is 0.493 e. The summed E-state index contributed by atoms with van der Waals surface area (Å²) in [7, 11) is 0. The number of nitrogens with one attached hydrogen (secondary N) is 1. The molecule has 2 rings (SSSR count). The molecule has 0 aliphatic rings. The summed E-state index contributed by atoms with van der Waals surface area (Å²) in [6, 6.07) is 15.4. The molecule has 0 aromatic heterocycles. The van der Waals surface area contributed by atoms with Crippen molar-refractivity contribution in [2.45, 2.75) is 27.2 Å². The molecule has 2 amide bonds. The molecule has 0 radical (unpaired) electrons. The summed E-state index contributed by atoms with van der Waals surface area (Å²) in [5, 5.41) is 2.85. The molecule has 0 atom stereocenters. The molecule has 138 valence electrons. The molecule has 0 bridgehead atoms. The Morgan fingerprint density at radius 2 is 1.81 bits per heavy atom. The Hall–Kier alpha value is -2.82. The molecule has 0 saturated carbocycles. The van der Waals surface area contributed by atoms with E-state index in [1.807, 2.05) is 62.4 Å². The van der Waals surface area contributed by atoms with Crippen LogP contribution in [-0.2, 0) is 9.59 Å². The zero-order valence-corrected chi connectivity index (χ0v) is 15.6.